The van der Waals surface area contributed by atoms with Gasteiger partial charge in [-0.2, -0.15) is 0 Å². The molecule has 1 aliphatic heterocycles. The molecule has 1 atom stereocenters. The van der Waals surface area contributed by atoms with Gasteiger partial charge in [0.1, 0.15) is 5.69 Å². The second-order valence-corrected chi connectivity index (χ2v) is 8.77. The van der Waals surface area contributed by atoms with E-state index < -0.39 is 9.84 Å². The lowest BCUT2D eigenvalue weighted by molar-refractivity contribution is 0.0688. The van der Waals surface area contributed by atoms with Crippen LogP contribution in [0.3, 0.4) is 0 Å². The van der Waals surface area contributed by atoms with E-state index in [1.807, 2.05) is 6.07 Å². The Labute approximate surface area is 139 Å². The van der Waals surface area contributed by atoms with Crippen LogP contribution in [-0.4, -0.2) is 48.3 Å². The van der Waals surface area contributed by atoms with Gasteiger partial charge in [-0.05, 0) is 30.4 Å². The van der Waals surface area contributed by atoms with Crippen LogP contribution in [-0.2, 0) is 9.84 Å². The molecule has 0 aliphatic carbocycles. The van der Waals surface area contributed by atoms with Gasteiger partial charge in [-0.3, -0.25) is 9.78 Å². The molecule has 6 heteroatoms. The summed E-state index contributed by atoms with van der Waals surface area (Å²) in [4.78, 5) is 18.8. The Bertz CT molecular complexity index is 638. The van der Waals surface area contributed by atoms with E-state index in [0.717, 1.165) is 18.4 Å². The lowest BCUT2D eigenvalue weighted by Crippen LogP contribution is -2.42. The molecular formula is C17H26N2O3S. The molecule has 1 fully saturated rings. The Hall–Kier alpha value is -1.43. The average Bonchev–Trinajstić information content (AvgIpc) is 2.87. The van der Waals surface area contributed by atoms with Crippen LogP contribution in [0.4, 0.5) is 0 Å². The minimum atomic E-state index is -3.01. The normalized spacial score (nSPS) is 19.9. The largest absolute Gasteiger partial charge is 0.333 e. The SMILES string of the molecule is CCCCN(C(=O)c1ccc(C(C)C)cn1)C1CCS(=O)(=O)C1. The first kappa shape index (κ1) is 17.9. The highest BCUT2D eigenvalue weighted by molar-refractivity contribution is 7.91. The Morgan fingerprint density at radius 2 is 2.13 bits per heavy atom. The molecule has 0 N–H and O–H groups in total. The first-order chi connectivity index (χ1) is 10.8. The molecule has 1 unspecified atom stereocenters. The Kier molecular flexibility index (Phi) is 5.79. The van der Waals surface area contributed by atoms with Gasteiger partial charge in [0.2, 0.25) is 0 Å². The summed E-state index contributed by atoms with van der Waals surface area (Å²) in [5.41, 5.74) is 1.49. The number of sulfone groups is 1. The summed E-state index contributed by atoms with van der Waals surface area (Å²) in [6, 6.07) is 3.46. The predicted molar refractivity (Wildman–Crippen MR) is 91.3 cm³/mol. The van der Waals surface area contributed by atoms with Crippen LogP contribution < -0.4 is 0 Å². The summed E-state index contributed by atoms with van der Waals surface area (Å²) in [6.07, 6.45) is 4.10. The molecule has 2 heterocycles. The van der Waals surface area contributed by atoms with Gasteiger partial charge in [-0.1, -0.05) is 33.3 Å². The highest BCUT2D eigenvalue weighted by atomic mass is 32.2. The highest BCUT2D eigenvalue weighted by Crippen LogP contribution is 2.21. The van der Waals surface area contributed by atoms with E-state index >= 15 is 0 Å². The smallest absolute Gasteiger partial charge is 0.272 e. The van der Waals surface area contributed by atoms with Gasteiger partial charge in [0.15, 0.2) is 9.84 Å². The molecule has 1 aromatic rings. The fraction of sp³-hybridized carbons (Fsp3) is 0.647. The highest BCUT2D eigenvalue weighted by Gasteiger charge is 2.35. The number of aromatic nitrogens is 1. The lowest BCUT2D eigenvalue weighted by Gasteiger charge is -2.28. The van der Waals surface area contributed by atoms with Crippen molar-refractivity contribution in [2.24, 2.45) is 0 Å². The van der Waals surface area contributed by atoms with Crippen LogP contribution in [0.5, 0.6) is 0 Å². The molecule has 0 saturated carbocycles. The quantitative estimate of drug-likeness (QED) is 0.800. The number of unbranched alkanes of at least 4 members (excludes halogenated alkanes) is 1. The molecule has 1 amide bonds. The predicted octanol–water partition coefficient (Wildman–Crippen LogP) is 2.63. The molecule has 0 radical (unpaired) electrons. The van der Waals surface area contributed by atoms with E-state index in [-0.39, 0.29) is 23.5 Å². The van der Waals surface area contributed by atoms with Gasteiger partial charge in [0, 0.05) is 18.8 Å². The van der Waals surface area contributed by atoms with Crippen molar-refractivity contribution in [1.29, 1.82) is 0 Å². The number of carbonyl (C=O) groups excluding carboxylic acids is 1. The number of pyridine rings is 1. The van der Waals surface area contributed by atoms with Gasteiger partial charge < -0.3 is 4.90 Å². The van der Waals surface area contributed by atoms with E-state index in [9.17, 15) is 13.2 Å². The van der Waals surface area contributed by atoms with Crippen LogP contribution in [0.1, 0.15) is 62.0 Å². The van der Waals surface area contributed by atoms with Crippen LogP contribution in [0, 0.1) is 0 Å². The van der Waals surface area contributed by atoms with E-state index in [1.165, 1.54) is 0 Å². The van der Waals surface area contributed by atoms with Crippen molar-refractivity contribution in [1.82, 2.24) is 9.88 Å². The Morgan fingerprint density at radius 1 is 1.39 bits per heavy atom. The molecule has 1 saturated heterocycles. The van der Waals surface area contributed by atoms with Crippen molar-refractivity contribution in [2.45, 2.75) is 52.0 Å². The minimum absolute atomic E-state index is 0.0759. The lowest BCUT2D eigenvalue weighted by atomic mass is 10.1. The van der Waals surface area contributed by atoms with Crippen LogP contribution in [0.25, 0.3) is 0 Å². The van der Waals surface area contributed by atoms with Gasteiger partial charge in [0.25, 0.3) is 5.91 Å². The minimum Gasteiger partial charge on any atom is -0.333 e. The fourth-order valence-corrected chi connectivity index (χ4v) is 4.55. The third kappa shape index (κ3) is 4.53. The molecule has 0 bridgehead atoms. The molecule has 23 heavy (non-hydrogen) atoms. The third-order valence-electron chi connectivity index (χ3n) is 4.33. The van der Waals surface area contributed by atoms with Gasteiger partial charge in [-0.15, -0.1) is 0 Å². The summed E-state index contributed by atoms with van der Waals surface area (Å²) in [6.45, 7) is 6.80. The van der Waals surface area contributed by atoms with E-state index in [0.29, 0.717) is 24.6 Å². The fourth-order valence-electron chi connectivity index (χ4n) is 2.82. The van der Waals surface area contributed by atoms with Crippen molar-refractivity contribution in [3.05, 3.63) is 29.6 Å². The summed E-state index contributed by atoms with van der Waals surface area (Å²) < 4.78 is 23.5. The van der Waals surface area contributed by atoms with Gasteiger partial charge in [0.05, 0.1) is 11.5 Å². The first-order valence-corrected chi connectivity index (χ1v) is 10.1. The van der Waals surface area contributed by atoms with Crippen molar-refractivity contribution in [3.63, 3.8) is 0 Å². The van der Waals surface area contributed by atoms with E-state index in [1.54, 1.807) is 17.2 Å². The number of carbonyl (C=O) groups is 1. The first-order valence-electron chi connectivity index (χ1n) is 8.31. The topological polar surface area (TPSA) is 67.3 Å². The van der Waals surface area contributed by atoms with Crippen LogP contribution >= 0.6 is 0 Å². The summed E-state index contributed by atoms with van der Waals surface area (Å²) in [7, 11) is -3.01. The monoisotopic (exact) mass is 338 g/mol. The second kappa shape index (κ2) is 7.43. The summed E-state index contributed by atoms with van der Waals surface area (Å²) in [5, 5.41) is 0. The zero-order chi connectivity index (χ0) is 17.0. The van der Waals surface area contributed by atoms with E-state index in [2.05, 4.69) is 25.8 Å². The molecule has 1 aliphatic rings. The summed E-state index contributed by atoms with van der Waals surface area (Å²) in [5.74, 6) is 0.457. The van der Waals surface area contributed by atoms with Crippen molar-refractivity contribution < 1.29 is 13.2 Å². The average molecular weight is 338 g/mol. The number of hydrogen-bond acceptors (Lipinski definition) is 4. The molecule has 1 aromatic heterocycles. The van der Waals surface area contributed by atoms with Crippen molar-refractivity contribution >= 4 is 15.7 Å². The molecule has 0 aromatic carbocycles. The number of rotatable bonds is 6. The molecular weight excluding hydrogens is 312 g/mol. The Balaban J connectivity index is 2.19. The van der Waals surface area contributed by atoms with Gasteiger partial charge >= 0.3 is 0 Å². The van der Waals surface area contributed by atoms with E-state index in [4.69, 9.17) is 0 Å². The zero-order valence-corrected chi connectivity index (χ0v) is 15.0. The van der Waals surface area contributed by atoms with Crippen molar-refractivity contribution in [2.75, 3.05) is 18.1 Å². The maximum Gasteiger partial charge on any atom is 0.272 e. The van der Waals surface area contributed by atoms with Crippen LogP contribution in [0.15, 0.2) is 18.3 Å². The van der Waals surface area contributed by atoms with Crippen molar-refractivity contribution in [3.8, 4) is 0 Å². The number of nitrogens with zero attached hydrogens (tertiary/aromatic N) is 2. The van der Waals surface area contributed by atoms with Gasteiger partial charge in [-0.25, -0.2) is 8.42 Å². The summed E-state index contributed by atoms with van der Waals surface area (Å²) >= 11 is 0. The molecule has 2 rings (SSSR count). The number of amides is 1. The maximum atomic E-state index is 12.8. The second-order valence-electron chi connectivity index (χ2n) is 6.54. The molecule has 128 valence electrons. The molecule has 5 nitrogen and oxygen atoms in total. The Morgan fingerprint density at radius 3 is 2.61 bits per heavy atom. The zero-order valence-electron chi connectivity index (χ0n) is 14.2. The maximum absolute atomic E-state index is 12.8. The standard InChI is InChI=1S/C17H26N2O3S/c1-4-5-9-19(15-8-10-23(21,22)12-15)17(20)16-7-6-14(11-18-16)13(2)3/h6-7,11,13,15H,4-5,8-10,12H2,1-3H3. The van der Waals surface area contributed by atoms with Crippen LogP contribution in [0.2, 0.25) is 0 Å². The number of hydrogen-bond donors (Lipinski definition) is 0. The third-order valence-corrected chi connectivity index (χ3v) is 6.09. The molecule has 0 spiro atoms.